The highest BCUT2D eigenvalue weighted by Crippen LogP contribution is 2.09. The molecular formula is C13H19N3O. The van der Waals surface area contributed by atoms with Gasteiger partial charge in [-0.05, 0) is 38.6 Å². The van der Waals surface area contributed by atoms with Crippen molar-refractivity contribution in [3.63, 3.8) is 0 Å². The Kier molecular flexibility index (Phi) is 4.23. The SMILES string of the molecule is CN(CC(=O)c1ccccn1)[C@@H]1CCCNC1. The van der Waals surface area contributed by atoms with E-state index in [1.807, 2.05) is 19.2 Å². The monoisotopic (exact) mass is 233 g/mol. The maximum absolute atomic E-state index is 12.0. The Labute approximate surface area is 102 Å². The van der Waals surface area contributed by atoms with Gasteiger partial charge in [0.05, 0.1) is 6.54 Å². The van der Waals surface area contributed by atoms with E-state index in [1.165, 1.54) is 12.8 Å². The van der Waals surface area contributed by atoms with Gasteiger partial charge in [-0.25, -0.2) is 0 Å². The van der Waals surface area contributed by atoms with E-state index in [0.717, 1.165) is 13.1 Å². The van der Waals surface area contributed by atoms with Gasteiger partial charge in [0, 0.05) is 18.8 Å². The Morgan fingerprint density at radius 2 is 2.47 bits per heavy atom. The van der Waals surface area contributed by atoms with Crippen LogP contribution < -0.4 is 5.32 Å². The molecule has 4 heteroatoms. The Hall–Kier alpha value is -1.26. The number of ketones is 1. The average molecular weight is 233 g/mol. The van der Waals surface area contributed by atoms with Crippen molar-refractivity contribution in [3.05, 3.63) is 30.1 Å². The van der Waals surface area contributed by atoms with Gasteiger partial charge in [0.2, 0.25) is 0 Å². The molecule has 0 aromatic carbocycles. The second kappa shape index (κ2) is 5.89. The van der Waals surface area contributed by atoms with E-state index < -0.39 is 0 Å². The molecule has 1 N–H and O–H groups in total. The van der Waals surface area contributed by atoms with Gasteiger partial charge in [0.25, 0.3) is 0 Å². The third-order valence-electron chi connectivity index (χ3n) is 3.24. The van der Waals surface area contributed by atoms with Crippen molar-refractivity contribution in [3.8, 4) is 0 Å². The van der Waals surface area contributed by atoms with Crippen LogP contribution in [0.2, 0.25) is 0 Å². The lowest BCUT2D eigenvalue weighted by molar-refractivity contribution is 0.0902. The van der Waals surface area contributed by atoms with Gasteiger partial charge in [-0.3, -0.25) is 14.7 Å². The first-order valence-electron chi connectivity index (χ1n) is 6.12. The summed E-state index contributed by atoms with van der Waals surface area (Å²) in [5.41, 5.74) is 0.558. The van der Waals surface area contributed by atoms with Gasteiger partial charge in [0.15, 0.2) is 5.78 Å². The Morgan fingerprint density at radius 1 is 1.59 bits per heavy atom. The molecule has 0 radical (unpaired) electrons. The number of hydrogen-bond acceptors (Lipinski definition) is 4. The number of nitrogens with zero attached hydrogens (tertiary/aromatic N) is 2. The first-order valence-corrected chi connectivity index (χ1v) is 6.12. The first-order chi connectivity index (χ1) is 8.27. The number of pyridine rings is 1. The van der Waals surface area contributed by atoms with Crippen molar-refractivity contribution >= 4 is 5.78 Å². The van der Waals surface area contributed by atoms with Crippen LogP contribution in [0, 0.1) is 0 Å². The minimum atomic E-state index is 0.0960. The van der Waals surface area contributed by atoms with E-state index in [4.69, 9.17) is 0 Å². The molecule has 1 aromatic rings. The summed E-state index contributed by atoms with van der Waals surface area (Å²) >= 11 is 0. The van der Waals surface area contributed by atoms with Crippen LogP contribution >= 0.6 is 0 Å². The summed E-state index contributed by atoms with van der Waals surface area (Å²) < 4.78 is 0. The predicted molar refractivity (Wildman–Crippen MR) is 67.1 cm³/mol. The summed E-state index contributed by atoms with van der Waals surface area (Å²) in [5.74, 6) is 0.0960. The van der Waals surface area contributed by atoms with Crippen LogP contribution in [-0.2, 0) is 0 Å². The second-order valence-electron chi connectivity index (χ2n) is 4.55. The summed E-state index contributed by atoms with van der Waals surface area (Å²) in [5, 5.41) is 3.36. The molecule has 0 spiro atoms. The third-order valence-corrected chi connectivity index (χ3v) is 3.24. The molecule has 4 nitrogen and oxygen atoms in total. The van der Waals surface area contributed by atoms with Crippen LogP contribution in [0.5, 0.6) is 0 Å². The molecule has 1 aliphatic rings. The van der Waals surface area contributed by atoms with Crippen LogP contribution in [0.15, 0.2) is 24.4 Å². The lowest BCUT2D eigenvalue weighted by atomic mass is 10.1. The van der Waals surface area contributed by atoms with Crippen LogP contribution in [0.1, 0.15) is 23.3 Å². The molecule has 0 bridgehead atoms. The largest absolute Gasteiger partial charge is 0.315 e. The summed E-state index contributed by atoms with van der Waals surface area (Å²) in [7, 11) is 2.01. The van der Waals surface area contributed by atoms with Crippen LogP contribution in [-0.4, -0.2) is 48.4 Å². The maximum atomic E-state index is 12.0. The summed E-state index contributed by atoms with van der Waals surface area (Å²) in [4.78, 5) is 18.2. The highest BCUT2D eigenvalue weighted by molar-refractivity contribution is 5.95. The van der Waals surface area contributed by atoms with Gasteiger partial charge in [-0.2, -0.15) is 0 Å². The number of rotatable bonds is 4. The molecule has 0 unspecified atom stereocenters. The number of carbonyl (C=O) groups is 1. The molecule has 17 heavy (non-hydrogen) atoms. The Balaban J connectivity index is 1.89. The fourth-order valence-corrected chi connectivity index (χ4v) is 2.17. The van der Waals surface area contributed by atoms with Gasteiger partial charge < -0.3 is 5.32 Å². The minimum Gasteiger partial charge on any atom is -0.315 e. The van der Waals surface area contributed by atoms with E-state index in [1.54, 1.807) is 12.3 Å². The van der Waals surface area contributed by atoms with E-state index in [2.05, 4.69) is 15.2 Å². The second-order valence-corrected chi connectivity index (χ2v) is 4.55. The zero-order valence-electron chi connectivity index (χ0n) is 10.2. The fraction of sp³-hybridized carbons (Fsp3) is 0.538. The van der Waals surface area contributed by atoms with Crippen molar-refractivity contribution in [1.29, 1.82) is 0 Å². The third kappa shape index (κ3) is 3.35. The number of Topliss-reactive ketones (excluding diaryl/α,β-unsaturated/α-hetero) is 1. The van der Waals surface area contributed by atoms with Crippen molar-refractivity contribution in [2.24, 2.45) is 0 Å². The van der Waals surface area contributed by atoms with Crippen LogP contribution in [0.4, 0.5) is 0 Å². The Bertz CT molecular complexity index is 360. The molecule has 2 heterocycles. The maximum Gasteiger partial charge on any atom is 0.195 e. The highest BCUT2D eigenvalue weighted by Gasteiger charge is 2.20. The molecule has 1 fully saturated rings. The van der Waals surface area contributed by atoms with Gasteiger partial charge in [-0.15, -0.1) is 0 Å². The Morgan fingerprint density at radius 3 is 3.12 bits per heavy atom. The van der Waals surface area contributed by atoms with Crippen molar-refractivity contribution in [2.75, 3.05) is 26.7 Å². The highest BCUT2D eigenvalue weighted by atomic mass is 16.1. The zero-order valence-corrected chi connectivity index (χ0v) is 10.2. The molecule has 92 valence electrons. The van der Waals surface area contributed by atoms with Gasteiger partial charge >= 0.3 is 0 Å². The normalized spacial score (nSPS) is 20.5. The molecule has 1 saturated heterocycles. The lowest BCUT2D eigenvalue weighted by Gasteiger charge is -2.31. The molecule has 1 atom stereocenters. The molecule has 0 amide bonds. The van der Waals surface area contributed by atoms with E-state index in [9.17, 15) is 4.79 Å². The smallest absolute Gasteiger partial charge is 0.195 e. The molecule has 0 saturated carbocycles. The number of piperidine rings is 1. The van der Waals surface area contributed by atoms with Crippen LogP contribution in [0.3, 0.4) is 0 Å². The number of hydrogen-bond donors (Lipinski definition) is 1. The van der Waals surface area contributed by atoms with Gasteiger partial charge in [0.1, 0.15) is 5.69 Å². The standard InChI is InChI=1S/C13H19N3O/c1-16(11-5-4-7-14-9-11)10-13(17)12-6-2-3-8-15-12/h2-3,6,8,11,14H,4-5,7,9-10H2,1H3/t11-/m1/s1. The molecule has 1 aromatic heterocycles. The molecule has 1 aliphatic heterocycles. The molecule has 2 rings (SSSR count). The minimum absolute atomic E-state index is 0.0960. The van der Waals surface area contributed by atoms with E-state index in [0.29, 0.717) is 18.3 Å². The quantitative estimate of drug-likeness (QED) is 0.786. The van der Waals surface area contributed by atoms with Crippen molar-refractivity contribution in [1.82, 2.24) is 15.2 Å². The zero-order chi connectivity index (χ0) is 12.1. The van der Waals surface area contributed by atoms with Gasteiger partial charge in [-0.1, -0.05) is 6.07 Å². The summed E-state index contributed by atoms with van der Waals surface area (Å²) in [6.45, 7) is 2.52. The number of aromatic nitrogens is 1. The molecular weight excluding hydrogens is 214 g/mol. The number of carbonyl (C=O) groups excluding carboxylic acids is 1. The first kappa shape index (κ1) is 12.2. The number of likely N-dealkylation sites (N-methyl/N-ethyl adjacent to an activating group) is 1. The topological polar surface area (TPSA) is 45.2 Å². The average Bonchev–Trinajstić information content (AvgIpc) is 2.40. The summed E-state index contributed by atoms with van der Waals surface area (Å²) in [6.07, 6.45) is 4.02. The van der Waals surface area contributed by atoms with E-state index >= 15 is 0 Å². The van der Waals surface area contributed by atoms with Crippen molar-refractivity contribution in [2.45, 2.75) is 18.9 Å². The number of nitrogens with one attached hydrogen (secondary N) is 1. The lowest BCUT2D eigenvalue weighted by Crippen LogP contribution is -2.45. The molecule has 0 aliphatic carbocycles. The summed E-state index contributed by atoms with van der Waals surface area (Å²) in [6, 6.07) is 5.92. The predicted octanol–water partition coefficient (Wildman–Crippen LogP) is 0.948. The van der Waals surface area contributed by atoms with Crippen molar-refractivity contribution < 1.29 is 4.79 Å². The fourth-order valence-electron chi connectivity index (χ4n) is 2.17. The van der Waals surface area contributed by atoms with Crippen LogP contribution in [0.25, 0.3) is 0 Å². The van der Waals surface area contributed by atoms with E-state index in [-0.39, 0.29) is 5.78 Å².